The molecule has 1 aliphatic rings. The Balaban J connectivity index is 1.81. The summed E-state index contributed by atoms with van der Waals surface area (Å²) < 4.78 is 2.21. The van der Waals surface area contributed by atoms with E-state index in [-0.39, 0.29) is 0 Å². The fourth-order valence-corrected chi connectivity index (χ4v) is 3.41. The van der Waals surface area contributed by atoms with E-state index >= 15 is 0 Å². The van der Waals surface area contributed by atoms with Gasteiger partial charge >= 0.3 is 0 Å². The van der Waals surface area contributed by atoms with Crippen LogP contribution in [0.4, 0.5) is 0 Å². The quantitative estimate of drug-likeness (QED) is 0.639. The number of nitrogens with zero attached hydrogens (tertiary/aromatic N) is 1. The van der Waals surface area contributed by atoms with Crippen molar-refractivity contribution in [2.45, 2.75) is 24.9 Å². The molecule has 4 heteroatoms. The summed E-state index contributed by atoms with van der Waals surface area (Å²) in [6.07, 6.45) is 2.19. The van der Waals surface area contributed by atoms with Crippen LogP contribution in [0, 0.1) is 0 Å². The van der Waals surface area contributed by atoms with Crippen LogP contribution in [0.3, 0.4) is 0 Å². The smallest absolute Gasteiger partial charge is 0.184 e. The molecule has 100 valence electrons. The molecular formula is C16H14BBr2N. The second kappa shape index (κ2) is 6.04. The average molecular weight is 391 g/mol. The van der Waals surface area contributed by atoms with Crippen molar-refractivity contribution in [2.75, 3.05) is 0 Å². The summed E-state index contributed by atoms with van der Waals surface area (Å²) in [4.78, 5) is 2.01. The molecule has 3 rings (SSSR count). The minimum Gasteiger partial charge on any atom is -0.341 e. The number of rotatable bonds is 2. The molecule has 1 fully saturated rings. The summed E-state index contributed by atoms with van der Waals surface area (Å²) in [6, 6.07) is 17.5. The van der Waals surface area contributed by atoms with Crippen LogP contribution in [-0.2, 0) is 0 Å². The van der Waals surface area contributed by atoms with Crippen LogP contribution in [0.15, 0.2) is 57.5 Å². The lowest BCUT2D eigenvalue weighted by molar-refractivity contribution is 0.354. The first-order chi connectivity index (χ1) is 9.65. The van der Waals surface area contributed by atoms with E-state index in [9.17, 15) is 0 Å². The molecule has 0 saturated carbocycles. The zero-order chi connectivity index (χ0) is 14.1. The SMILES string of the molecule is [B]N1C(c2ccc(Br)cc2)CCC1c1ccc(Br)cc1. The Morgan fingerprint density at radius 1 is 0.750 bits per heavy atom. The van der Waals surface area contributed by atoms with E-state index in [2.05, 4.69) is 80.4 Å². The Morgan fingerprint density at radius 2 is 1.10 bits per heavy atom. The average Bonchev–Trinajstić information content (AvgIpc) is 2.83. The van der Waals surface area contributed by atoms with E-state index < -0.39 is 0 Å². The van der Waals surface area contributed by atoms with Gasteiger partial charge in [-0.05, 0) is 48.2 Å². The lowest BCUT2D eigenvalue weighted by Crippen LogP contribution is -2.23. The third-order valence-corrected chi connectivity index (χ3v) is 5.00. The Hall–Kier alpha value is -0.575. The highest BCUT2D eigenvalue weighted by molar-refractivity contribution is 9.10. The second-order valence-electron chi connectivity index (χ2n) is 5.16. The molecule has 2 radical (unpaired) electrons. The topological polar surface area (TPSA) is 3.24 Å². The summed E-state index contributed by atoms with van der Waals surface area (Å²) >= 11 is 6.95. The van der Waals surface area contributed by atoms with E-state index in [1.54, 1.807) is 0 Å². The van der Waals surface area contributed by atoms with Crippen molar-refractivity contribution in [3.8, 4) is 0 Å². The molecule has 1 nitrogen and oxygen atoms in total. The maximum Gasteiger partial charge on any atom is 0.184 e. The van der Waals surface area contributed by atoms with Crippen molar-refractivity contribution < 1.29 is 0 Å². The molecule has 0 bridgehead atoms. The molecule has 2 atom stereocenters. The molecule has 1 saturated heterocycles. The van der Waals surface area contributed by atoms with Gasteiger partial charge in [0.2, 0.25) is 0 Å². The summed E-state index contributed by atoms with van der Waals surface area (Å²) in [5.41, 5.74) is 2.57. The van der Waals surface area contributed by atoms with Crippen LogP contribution in [0.2, 0.25) is 0 Å². The first-order valence-corrected chi connectivity index (χ1v) is 8.28. The van der Waals surface area contributed by atoms with E-state index in [4.69, 9.17) is 7.98 Å². The molecule has 2 unspecified atom stereocenters. The maximum atomic E-state index is 6.37. The van der Waals surface area contributed by atoms with Crippen LogP contribution in [0.5, 0.6) is 0 Å². The van der Waals surface area contributed by atoms with Crippen LogP contribution in [0.1, 0.15) is 36.1 Å². The molecule has 20 heavy (non-hydrogen) atoms. The third kappa shape index (κ3) is 2.88. The highest BCUT2D eigenvalue weighted by Crippen LogP contribution is 2.42. The minimum absolute atomic E-state index is 0.303. The lowest BCUT2D eigenvalue weighted by atomic mass is 10.0. The van der Waals surface area contributed by atoms with Gasteiger partial charge in [0.1, 0.15) is 0 Å². The van der Waals surface area contributed by atoms with E-state index in [0.717, 1.165) is 21.8 Å². The van der Waals surface area contributed by atoms with Crippen molar-refractivity contribution in [3.63, 3.8) is 0 Å². The molecule has 0 aliphatic carbocycles. The van der Waals surface area contributed by atoms with Gasteiger partial charge in [-0.3, -0.25) is 0 Å². The van der Waals surface area contributed by atoms with Crippen molar-refractivity contribution in [1.29, 1.82) is 0 Å². The van der Waals surface area contributed by atoms with Gasteiger partial charge in [0.05, 0.1) is 0 Å². The van der Waals surface area contributed by atoms with Gasteiger partial charge in [0.15, 0.2) is 7.98 Å². The van der Waals surface area contributed by atoms with Crippen molar-refractivity contribution in [2.24, 2.45) is 0 Å². The Kier molecular flexibility index (Phi) is 4.34. The fraction of sp³-hybridized carbons (Fsp3) is 0.250. The molecule has 0 spiro atoms. The Morgan fingerprint density at radius 3 is 1.45 bits per heavy atom. The van der Waals surface area contributed by atoms with Crippen molar-refractivity contribution in [1.82, 2.24) is 4.81 Å². The summed E-state index contributed by atoms with van der Waals surface area (Å²) in [6.45, 7) is 0. The molecule has 0 aromatic heterocycles. The zero-order valence-corrected chi connectivity index (χ0v) is 14.1. The lowest BCUT2D eigenvalue weighted by Gasteiger charge is -2.27. The van der Waals surface area contributed by atoms with Crippen LogP contribution in [-0.4, -0.2) is 12.8 Å². The fourth-order valence-electron chi connectivity index (χ4n) is 2.88. The maximum absolute atomic E-state index is 6.37. The van der Waals surface area contributed by atoms with E-state index in [0.29, 0.717) is 12.1 Å². The van der Waals surface area contributed by atoms with Gasteiger partial charge in [0, 0.05) is 21.0 Å². The molecule has 0 amide bonds. The van der Waals surface area contributed by atoms with Gasteiger partial charge in [0.25, 0.3) is 0 Å². The molecule has 1 heterocycles. The predicted molar refractivity (Wildman–Crippen MR) is 90.6 cm³/mol. The first-order valence-electron chi connectivity index (χ1n) is 6.69. The van der Waals surface area contributed by atoms with Gasteiger partial charge < -0.3 is 4.81 Å². The Bertz CT molecular complexity index is 529. The van der Waals surface area contributed by atoms with E-state index in [1.807, 2.05) is 4.81 Å². The predicted octanol–water partition coefficient (Wildman–Crippen LogP) is 5.17. The largest absolute Gasteiger partial charge is 0.341 e. The molecular weight excluding hydrogens is 377 g/mol. The number of hydrogen-bond donors (Lipinski definition) is 0. The molecule has 0 N–H and O–H groups in total. The van der Waals surface area contributed by atoms with Gasteiger partial charge in [-0.2, -0.15) is 0 Å². The first kappa shape index (κ1) is 14.4. The normalized spacial score (nSPS) is 23.1. The summed E-state index contributed by atoms with van der Waals surface area (Å²) in [5, 5.41) is 0. The van der Waals surface area contributed by atoms with Gasteiger partial charge in [-0.1, -0.05) is 56.1 Å². The third-order valence-electron chi connectivity index (χ3n) is 3.94. The molecule has 2 aromatic rings. The van der Waals surface area contributed by atoms with Gasteiger partial charge in [-0.15, -0.1) is 0 Å². The molecule has 2 aromatic carbocycles. The highest BCUT2D eigenvalue weighted by Gasteiger charge is 2.31. The number of benzene rings is 2. The van der Waals surface area contributed by atoms with Gasteiger partial charge in [-0.25, -0.2) is 0 Å². The van der Waals surface area contributed by atoms with E-state index in [1.165, 1.54) is 11.1 Å². The monoisotopic (exact) mass is 389 g/mol. The van der Waals surface area contributed by atoms with Crippen LogP contribution in [0.25, 0.3) is 0 Å². The number of halogens is 2. The highest BCUT2D eigenvalue weighted by atomic mass is 79.9. The Labute approximate surface area is 138 Å². The number of hydrogen-bond acceptors (Lipinski definition) is 1. The molecule has 1 aliphatic heterocycles. The van der Waals surface area contributed by atoms with Crippen LogP contribution >= 0.6 is 31.9 Å². The second-order valence-corrected chi connectivity index (χ2v) is 6.99. The summed E-state index contributed by atoms with van der Waals surface area (Å²) in [7, 11) is 6.37. The van der Waals surface area contributed by atoms with Crippen molar-refractivity contribution >= 4 is 39.8 Å². The minimum atomic E-state index is 0.303. The van der Waals surface area contributed by atoms with Crippen LogP contribution < -0.4 is 0 Å². The zero-order valence-electron chi connectivity index (χ0n) is 11.0. The summed E-state index contributed by atoms with van der Waals surface area (Å²) in [5.74, 6) is 0. The van der Waals surface area contributed by atoms with Crippen molar-refractivity contribution in [3.05, 3.63) is 68.6 Å². The standard InChI is InChI=1S/C16H14BBr2N/c17-20-15(11-1-5-13(18)6-2-11)9-10-16(20)12-3-7-14(19)8-4-12/h1-8,15-16H,9-10H2.